The molecule has 1 aromatic rings. The molecule has 0 aromatic heterocycles. The van der Waals surface area contributed by atoms with Gasteiger partial charge in [0.05, 0.1) is 0 Å². The SMILES string of the molecule is CC1CC(C)CN(CC(O)COc2ccc3c(c2)OCO3)C1. The first-order valence-electron chi connectivity index (χ1n) is 8.03. The molecule has 5 heteroatoms. The van der Waals surface area contributed by atoms with Gasteiger partial charge >= 0.3 is 0 Å². The number of hydrogen-bond donors (Lipinski definition) is 1. The summed E-state index contributed by atoms with van der Waals surface area (Å²) in [4.78, 5) is 2.34. The summed E-state index contributed by atoms with van der Waals surface area (Å²) in [6, 6.07) is 5.48. The van der Waals surface area contributed by atoms with Crippen LogP contribution in [0.4, 0.5) is 0 Å². The van der Waals surface area contributed by atoms with Crippen molar-refractivity contribution < 1.29 is 19.3 Å². The predicted molar refractivity (Wildman–Crippen MR) is 83.5 cm³/mol. The van der Waals surface area contributed by atoms with Crippen molar-refractivity contribution in [3.8, 4) is 17.2 Å². The van der Waals surface area contributed by atoms with Crippen molar-refractivity contribution in [2.24, 2.45) is 11.8 Å². The smallest absolute Gasteiger partial charge is 0.231 e. The zero-order valence-corrected chi connectivity index (χ0v) is 13.3. The highest BCUT2D eigenvalue weighted by Crippen LogP contribution is 2.35. The zero-order chi connectivity index (χ0) is 15.5. The van der Waals surface area contributed by atoms with Gasteiger partial charge in [-0.25, -0.2) is 0 Å². The van der Waals surface area contributed by atoms with Gasteiger partial charge in [-0.3, -0.25) is 0 Å². The van der Waals surface area contributed by atoms with E-state index < -0.39 is 6.10 Å². The second-order valence-corrected chi connectivity index (χ2v) is 6.64. The fourth-order valence-electron chi connectivity index (χ4n) is 3.45. The highest BCUT2D eigenvalue weighted by molar-refractivity contribution is 5.46. The Labute approximate surface area is 131 Å². The average molecular weight is 307 g/mol. The van der Waals surface area contributed by atoms with E-state index in [4.69, 9.17) is 14.2 Å². The second kappa shape index (κ2) is 6.75. The number of fused-ring (bicyclic) bond motifs is 1. The third-order valence-corrected chi connectivity index (χ3v) is 4.20. The lowest BCUT2D eigenvalue weighted by Crippen LogP contribution is -2.43. The lowest BCUT2D eigenvalue weighted by atomic mass is 9.92. The summed E-state index contributed by atoms with van der Waals surface area (Å²) in [5, 5.41) is 10.2. The van der Waals surface area contributed by atoms with E-state index in [2.05, 4.69) is 18.7 Å². The average Bonchev–Trinajstić information content (AvgIpc) is 2.91. The monoisotopic (exact) mass is 307 g/mol. The normalized spacial score (nSPS) is 26.0. The third kappa shape index (κ3) is 3.84. The Kier molecular flexibility index (Phi) is 4.74. The first kappa shape index (κ1) is 15.4. The molecule has 5 nitrogen and oxygen atoms in total. The van der Waals surface area contributed by atoms with E-state index in [1.54, 1.807) is 6.07 Å². The number of rotatable bonds is 5. The summed E-state index contributed by atoms with van der Waals surface area (Å²) in [7, 11) is 0. The van der Waals surface area contributed by atoms with Gasteiger partial charge in [0.2, 0.25) is 6.79 Å². The van der Waals surface area contributed by atoms with Gasteiger partial charge in [0.1, 0.15) is 18.5 Å². The molecule has 1 fully saturated rings. The lowest BCUT2D eigenvalue weighted by molar-refractivity contribution is 0.0428. The minimum Gasteiger partial charge on any atom is -0.491 e. The van der Waals surface area contributed by atoms with E-state index in [1.165, 1.54) is 6.42 Å². The van der Waals surface area contributed by atoms with Crippen molar-refractivity contribution in [2.45, 2.75) is 26.4 Å². The number of β-amino-alcohol motifs (C(OH)–C–C–N with tert-alkyl or cyclic N) is 1. The van der Waals surface area contributed by atoms with Gasteiger partial charge in [0, 0.05) is 25.7 Å². The van der Waals surface area contributed by atoms with E-state index >= 15 is 0 Å². The first-order chi connectivity index (χ1) is 10.6. The maximum absolute atomic E-state index is 10.2. The van der Waals surface area contributed by atoms with Crippen molar-refractivity contribution >= 4 is 0 Å². The summed E-state index contributed by atoms with van der Waals surface area (Å²) in [6.07, 6.45) is 0.795. The van der Waals surface area contributed by atoms with Crippen LogP contribution in [0.15, 0.2) is 18.2 Å². The Balaban J connectivity index is 1.47. The Morgan fingerprint density at radius 3 is 2.73 bits per heavy atom. The molecule has 22 heavy (non-hydrogen) atoms. The summed E-state index contributed by atoms with van der Waals surface area (Å²) >= 11 is 0. The minimum atomic E-state index is -0.483. The van der Waals surface area contributed by atoms with Crippen molar-refractivity contribution in [3.05, 3.63) is 18.2 Å². The second-order valence-electron chi connectivity index (χ2n) is 6.64. The van der Waals surface area contributed by atoms with Crippen molar-refractivity contribution in [3.63, 3.8) is 0 Å². The topological polar surface area (TPSA) is 51.2 Å². The van der Waals surface area contributed by atoms with Gasteiger partial charge in [-0.1, -0.05) is 13.8 Å². The van der Waals surface area contributed by atoms with E-state index in [9.17, 15) is 5.11 Å². The van der Waals surface area contributed by atoms with E-state index in [-0.39, 0.29) is 6.79 Å². The zero-order valence-electron chi connectivity index (χ0n) is 13.3. The number of aliphatic hydroxyl groups is 1. The molecule has 0 saturated carbocycles. The van der Waals surface area contributed by atoms with Crippen LogP contribution in [0.3, 0.4) is 0 Å². The van der Waals surface area contributed by atoms with Crippen molar-refractivity contribution in [1.29, 1.82) is 0 Å². The van der Waals surface area contributed by atoms with Crippen LogP contribution in [0.25, 0.3) is 0 Å². The molecule has 3 atom stereocenters. The Morgan fingerprint density at radius 2 is 1.95 bits per heavy atom. The molecule has 0 spiro atoms. The van der Waals surface area contributed by atoms with Gasteiger partial charge in [-0.2, -0.15) is 0 Å². The van der Waals surface area contributed by atoms with Crippen molar-refractivity contribution in [1.82, 2.24) is 4.90 Å². The number of benzene rings is 1. The van der Waals surface area contributed by atoms with E-state index in [1.807, 2.05) is 12.1 Å². The van der Waals surface area contributed by atoms with Crippen LogP contribution in [0.5, 0.6) is 17.2 Å². The molecule has 1 aromatic carbocycles. The number of ether oxygens (including phenoxy) is 3. The number of nitrogens with zero attached hydrogens (tertiary/aromatic N) is 1. The Morgan fingerprint density at radius 1 is 1.23 bits per heavy atom. The molecule has 0 bridgehead atoms. The van der Waals surface area contributed by atoms with Gasteiger partial charge in [-0.15, -0.1) is 0 Å². The standard InChI is InChI=1S/C17H25NO4/c1-12-5-13(2)8-18(7-12)9-14(19)10-20-15-3-4-16-17(6-15)22-11-21-16/h3-4,6,12-14,19H,5,7-11H2,1-2H3. The Hall–Kier alpha value is -1.46. The molecule has 0 aliphatic carbocycles. The predicted octanol–water partition coefficient (Wildman–Crippen LogP) is 2.13. The summed E-state index contributed by atoms with van der Waals surface area (Å²) in [5.74, 6) is 3.54. The third-order valence-electron chi connectivity index (χ3n) is 4.20. The highest BCUT2D eigenvalue weighted by atomic mass is 16.7. The van der Waals surface area contributed by atoms with Gasteiger partial charge in [0.25, 0.3) is 0 Å². The quantitative estimate of drug-likeness (QED) is 0.903. The molecule has 0 amide bonds. The summed E-state index contributed by atoms with van der Waals surface area (Å²) < 4.78 is 16.3. The largest absolute Gasteiger partial charge is 0.491 e. The summed E-state index contributed by atoms with van der Waals surface area (Å²) in [6.45, 7) is 7.89. The lowest BCUT2D eigenvalue weighted by Gasteiger charge is -2.35. The van der Waals surface area contributed by atoms with Crippen LogP contribution < -0.4 is 14.2 Å². The number of piperidine rings is 1. The molecule has 2 aliphatic heterocycles. The molecule has 3 unspecified atom stereocenters. The van der Waals surface area contributed by atoms with Gasteiger partial charge in [0.15, 0.2) is 11.5 Å². The molecule has 2 aliphatic rings. The molecule has 1 saturated heterocycles. The van der Waals surface area contributed by atoms with Crippen LogP contribution in [0, 0.1) is 11.8 Å². The maximum atomic E-state index is 10.2. The highest BCUT2D eigenvalue weighted by Gasteiger charge is 2.23. The van der Waals surface area contributed by atoms with Crippen LogP contribution >= 0.6 is 0 Å². The van der Waals surface area contributed by atoms with E-state index in [0.29, 0.717) is 36.5 Å². The fourth-order valence-corrected chi connectivity index (χ4v) is 3.45. The first-order valence-corrected chi connectivity index (χ1v) is 8.03. The number of hydrogen-bond acceptors (Lipinski definition) is 5. The minimum absolute atomic E-state index is 0.257. The molecule has 1 N–H and O–H groups in total. The number of likely N-dealkylation sites (tertiary alicyclic amines) is 1. The maximum Gasteiger partial charge on any atom is 0.231 e. The Bertz CT molecular complexity index is 497. The van der Waals surface area contributed by atoms with Crippen LogP contribution in [0.2, 0.25) is 0 Å². The molecular weight excluding hydrogens is 282 g/mol. The molecule has 122 valence electrons. The summed E-state index contributed by atoms with van der Waals surface area (Å²) in [5.41, 5.74) is 0. The number of aliphatic hydroxyl groups excluding tert-OH is 1. The van der Waals surface area contributed by atoms with Crippen LogP contribution in [0.1, 0.15) is 20.3 Å². The van der Waals surface area contributed by atoms with Gasteiger partial charge < -0.3 is 24.2 Å². The van der Waals surface area contributed by atoms with Crippen LogP contribution in [-0.2, 0) is 0 Å². The molecule has 2 heterocycles. The van der Waals surface area contributed by atoms with E-state index in [0.717, 1.165) is 18.8 Å². The van der Waals surface area contributed by atoms with Crippen LogP contribution in [-0.4, -0.2) is 49.1 Å². The molecular formula is C17H25NO4. The molecule has 3 rings (SSSR count). The van der Waals surface area contributed by atoms with Gasteiger partial charge in [-0.05, 0) is 30.4 Å². The van der Waals surface area contributed by atoms with Crippen molar-refractivity contribution in [2.75, 3.05) is 33.0 Å². The fraction of sp³-hybridized carbons (Fsp3) is 0.647. The molecule has 0 radical (unpaired) electrons.